The third-order valence-electron chi connectivity index (χ3n) is 5.22. The van der Waals surface area contributed by atoms with Gasteiger partial charge in [-0.3, -0.25) is 20.4 Å². The van der Waals surface area contributed by atoms with Crippen LogP contribution in [0.25, 0.3) is 10.9 Å². The third-order valence-corrected chi connectivity index (χ3v) is 6.46. The first-order chi connectivity index (χ1) is 15.0. The summed E-state index contributed by atoms with van der Waals surface area (Å²) in [4.78, 5) is 29.3. The van der Waals surface area contributed by atoms with Gasteiger partial charge in [0.25, 0.3) is 0 Å². The van der Waals surface area contributed by atoms with Crippen molar-refractivity contribution in [3.63, 3.8) is 0 Å². The first-order valence-electron chi connectivity index (χ1n) is 10.3. The zero-order valence-electron chi connectivity index (χ0n) is 17.7. The number of nitrogens with one attached hydrogen (secondary N) is 3. The van der Waals surface area contributed by atoms with Crippen LogP contribution in [0.3, 0.4) is 0 Å². The molecule has 0 saturated carbocycles. The van der Waals surface area contributed by atoms with E-state index in [0.29, 0.717) is 22.8 Å². The van der Waals surface area contributed by atoms with E-state index in [4.69, 9.17) is 4.99 Å². The Kier molecular flexibility index (Phi) is 5.99. The van der Waals surface area contributed by atoms with Crippen LogP contribution in [0.5, 0.6) is 0 Å². The molecule has 1 aromatic heterocycles. The smallest absolute Gasteiger partial charge is 0.237 e. The van der Waals surface area contributed by atoms with Gasteiger partial charge in [0.1, 0.15) is 5.69 Å². The molecule has 0 aliphatic carbocycles. The maximum absolute atomic E-state index is 12.9. The highest BCUT2D eigenvalue weighted by molar-refractivity contribution is 8.14. The van der Waals surface area contributed by atoms with Crippen LogP contribution in [0, 0.1) is 0 Å². The average Bonchev–Trinajstić information content (AvgIpc) is 3.10. The predicted molar refractivity (Wildman–Crippen MR) is 128 cm³/mol. The van der Waals surface area contributed by atoms with Gasteiger partial charge in [-0.2, -0.15) is 0 Å². The van der Waals surface area contributed by atoms with Crippen molar-refractivity contribution in [3.8, 4) is 0 Å². The number of hydrogen-bond acceptors (Lipinski definition) is 6. The molecule has 3 aromatic rings. The normalized spacial score (nSPS) is 13.6. The molecule has 4 rings (SSSR count). The number of aryl methyl sites for hydroxylation is 1. The monoisotopic (exact) mass is 435 g/mol. The SMILES string of the molecule is CCC(SC1=Nc2c(c3ccccc3n2CC)NN1)C(=O)Nc1cccc(C(C)=O)c1. The van der Waals surface area contributed by atoms with Crippen molar-refractivity contribution in [2.45, 2.75) is 39.0 Å². The lowest BCUT2D eigenvalue weighted by molar-refractivity contribution is -0.115. The number of aromatic nitrogens is 1. The van der Waals surface area contributed by atoms with Crippen LogP contribution in [0.2, 0.25) is 0 Å². The number of carbonyl (C=O) groups is 2. The number of amidine groups is 1. The molecule has 2 heterocycles. The number of fused-ring (bicyclic) bond motifs is 3. The fourth-order valence-corrected chi connectivity index (χ4v) is 4.49. The Labute approximate surface area is 185 Å². The van der Waals surface area contributed by atoms with Gasteiger partial charge < -0.3 is 9.88 Å². The standard InChI is InChI=1S/C23H25N5O2S/c1-4-19(22(30)24-16-10-8-9-15(13-16)14(3)29)31-23-25-21-20(26-27-23)17-11-6-7-12-18(17)28(21)5-2/h6-13,19,26H,4-5H2,1-3H3,(H,24,30)(H,25,27). The highest BCUT2D eigenvalue weighted by Crippen LogP contribution is 2.39. The lowest BCUT2D eigenvalue weighted by Crippen LogP contribution is -2.34. The molecule has 0 saturated heterocycles. The summed E-state index contributed by atoms with van der Waals surface area (Å²) in [7, 11) is 0. The molecule has 1 unspecified atom stereocenters. The van der Waals surface area contributed by atoms with Crippen molar-refractivity contribution >= 4 is 56.7 Å². The zero-order chi connectivity index (χ0) is 22.0. The van der Waals surface area contributed by atoms with Gasteiger partial charge in [-0.25, -0.2) is 4.99 Å². The number of para-hydroxylation sites is 1. The number of ketones is 1. The van der Waals surface area contributed by atoms with E-state index < -0.39 is 0 Å². The minimum Gasteiger partial charge on any atom is -0.325 e. The number of anilines is 2. The summed E-state index contributed by atoms with van der Waals surface area (Å²) in [5, 5.41) is 4.33. The Morgan fingerprint density at radius 2 is 1.94 bits per heavy atom. The molecule has 1 atom stereocenters. The van der Waals surface area contributed by atoms with Crippen molar-refractivity contribution in [1.82, 2.24) is 9.99 Å². The van der Waals surface area contributed by atoms with Crippen molar-refractivity contribution < 1.29 is 9.59 Å². The number of aliphatic imine (C=N–C) groups is 1. The lowest BCUT2D eigenvalue weighted by atomic mass is 10.1. The Morgan fingerprint density at radius 3 is 2.68 bits per heavy atom. The second-order valence-electron chi connectivity index (χ2n) is 7.27. The number of amides is 1. The molecule has 0 fully saturated rings. The van der Waals surface area contributed by atoms with Crippen LogP contribution >= 0.6 is 11.8 Å². The molecule has 0 spiro atoms. The Hall–Kier alpha value is -3.26. The van der Waals surface area contributed by atoms with E-state index in [0.717, 1.165) is 29.0 Å². The van der Waals surface area contributed by atoms with E-state index in [9.17, 15) is 9.59 Å². The van der Waals surface area contributed by atoms with E-state index in [1.807, 2.05) is 19.1 Å². The second kappa shape index (κ2) is 8.85. The molecule has 0 bridgehead atoms. The first kappa shape index (κ1) is 21.0. The van der Waals surface area contributed by atoms with E-state index in [-0.39, 0.29) is 16.9 Å². The van der Waals surface area contributed by atoms with E-state index in [2.05, 4.69) is 39.8 Å². The number of rotatable bonds is 6. The molecule has 7 nitrogen and oxygen atoms in total. The van der Waals surface area contributed by atoms with Gasteiger partial charge in [0.2, 0.25) is 5.91 Å². The highest BCUT2D eigenvalue weighted by atomic mass is 32.2. The molecular formula is C23H25N5O2S. The fraction of sp³-hybridized carbons (Fsp3) is 0.261. The molecule has 8 heteroatoms. The summed E-state index contributed by atoms with van der Waals surface area (Å²) in [6, 6.07) is 15.2. The van der Waals surface area contributed by atoms with Crippen molar-refractivity contribution in [2.24, 2.45) is 4.99 Å². The quantitative estimate of drug-likeness (QED) is 0.478. The summed E-state index contributed by atoms with van der Waals surface area (Å²) in [6.07, 6.45) is 0.632. The summed E-state index contributed by atoms with van der Waals surface area (Å²) in [5.74, 6) is 0.695. The van der Waals surface area contributed by atoms with Gasteiger partial charge in [-0.1, -0.05) is 49.0 Å². The van der Waals surface area contributed by atoms with Crippen LogP contribution < -0.4 is 16.2 Å². The van der Waals surface area contributed by atoms with Crippen LogP contribution in [0.4, 0.5) is 17.2 Å². The van der Waals surface area contributed by atoms with Gasteiger partial charge in [0.05, 0.1) is 10.8 Å². The van der Waals surface area contributed by atoms with Gasteiger partial charge in [0.15, 0.2) is 16.8 Å². The molecule has 160 valence electrons. The molecule has 3 N–H and O–H groups in total. The molecule has 1 aliphatic heterocycles. The molecular weight excluding hydrogens is 410 g/mol. The van der Waals surface area contributed by atoms with Crippen LogP contribution in [-0.2, 0) is 11.3 Å². The Morgan fingerprint density at radius 1 is 1.13 bits per heavy atom. The summed E-state index contributed by atoms with van der Waals surface area (Å²) in [5.41, 5.74) is 9.64. The fourth-order valence-electron chi connectivity index (χ4n) is 3.64. The van der Waals surface area contributed by atoms with Crippen LogP contribution in [0.15, 0.2) is 53.5 Å². The number of carbonyl (C=O) groups excluding carboxylic acids is 2. The van der Waals surface area contributed by atoms with E-state index >= 15 is 0 Å². The summed E-state index contributed by atoms with van der Waals surface area (Å²) in [6.45, 7) is 6.36. The number of thioether (sulfide) groups is 1. The predicted octanol–water partition coefficient (Wildman–Crippen LogP) is 4.93. The van der Waals surface area contributed by atoms with Gasteiger partial charge in [-0.15, -0.1) is 0 Å². The number of hydrazine groups is 1. The van der Waals surface area contributed by atoms with Crippen molar-refractivity contribution in [2.75, 3.05) is 10.7 Å². The average molecular weight is 436 g/mol. The molecule has 2 aromatic carbocycles. The van der Waals surface area contributed by atoms with Gasteiger partial charge in [-0.05, 0) is 38.5 Å². The molecule has 31 heavy (non-hydrogen) atoms. The lowest BCUT2D eigenvalue weighted by Gasteiger charge is -2.21. The first-order valence-corrected chi connectivity index (χ1v) is 11.2. The topological polar surface area (TPSA) is 87.5 Å². The largest absolute Gasteiger partial charge is 0.325 e. The van der Waals surface area contributed by atoms with E-state index in [1.54, 1.807) is 24.3 Å². The minimum absolute atomic E-state index is 0.0357. The Bertz CT molecular complexity index is 1170. The number of Topliss-reactive ketones (excluding diaryl/α,β-unsaturated/α-hetero) is 1. The number of hydrogen-bond donors (Lipinski definition) is 3. The van der Waals surface area contributed by atoms with Gasteiger partial charge >= 0.3 is 0 Å². The molecule has 1 aliphatic rings. The summed E-state index contributed by atoms with van der Waals surface area (Å²) < 4.78 is 2.16. The molecule has 1 amide bonds. The maximum Gasteiger partial charge on any atom is 0.237 e. The van der Waals surface area contributed by atoms with E-state index in [1.165, 1.54) is 18.7 Å². The highest BCUT2D eigenvalue weighted by Gasteiger charge is 2.25. The third kappa shape index (κ3) is 4.16. The van der Waals surface area contributed by atoms with Crippen LogP contribution in [-0.4, -0.2) is 26.7 Å². The molecule has 0 radical (unpaired) electrons. The maximum atomic E-state index is 12.9. The van der Waals surface area contributed by atoms with Crippen LogP contribution in [0.1, 0.15) is 37.6 Å². The summed E-state index contributed by atoms with van der Waals surface area (Å²) >= 11 is 1.38. The Balaban J connectivity index is 1.55. The minimum atomic E-state index is -0.338. The second-order valence-corrected chi connectivity index (χ2v) is 8.46. The number of nitrogens with zero attached hydrogens (tertiary/aromatic N) is 2. The van der Waals surface area contributed by atoms with Crippen molar-refractivity contribution in [1.29, 1.82) is 0 Å². The van der Waals surface area contributed by atoms with Crippen molar-refractivity contribution in [3.05, 3.63) is 54.1 Å². The zero-order valence-corrected chi connectivity index (χ0v) is 18.5. The van der Waals surface area contributed by atoms with Gasteiger partial charge in [0, 0.05) is 23.2 Å². The number of benzene rings is 2.